The van der Waals surface area contributed by atoms with E-state index in [4.69, 9.17) is 0 Å². The van der Waals surface area contributed by atoms with Gasteiger partial charge in [-0.2, -0.15) is 0 Å². The number of aromatic amines is 1. The Hall–Kier alpha value is -3.26. The lowest BCUT2D eigenvalue weighted by Gasteiger charge is -2.36. The summed E-state index contributed by atoms with van der Waals surface area (Å²) in [5.41, 5.74) is 3.05. The molecule has 2 aromatic heterocycles. The third-order valence-electron chi connectivity index (χ3n) is 5.51. The molecular weight excluding hydrogens is 385 g/mol. The van der Waals surface area contributed by atoms with Crippen LogP contribution in [0.15, 0.2) is 41.3 Å². The van der Waals surface area contributed by atoms with Gasteiger partial charge in [-0.3, -0.25) is 14.5 Å². The van der Waals surface area contributed by atoms with Crippen LogP contribution in [-0.2, 0) is 6.54 Å². The molecule has 1 amide bonds. The fraction of sp³-hybridized carbons (Fsp3) is 0.318. The van der Waals surface area contributed by atoms with Crippen molar-refractivity contribution in [1.82, 2.24) is 20.2 Å². The molecule has 0 spiro atoms. The van der Waals surface area contributed by atoms with E-state index in [1.807, 2.05) is 12.1 Å². The van der Waals surface area contributed by atoms with Gasteiger partial charge in [-0.25, -0.2) is 9.37 Å². The summed E-state index contributed by atoms with van der Waals surface area (Å²) < 4.78 is 14.5. The van der Waals surface area contributed by atoms with Gasteiger partial charge in [0.25, 0.3) is 11.5 Å². The minimum Gasteiger partial charge on any atom is -0.368 e. The number of aryl methyl sites for hydroxylation is 1. The van der Waals surface area contributed by atoms with Gasteiger partial charge in [0.2, 0.25) is 0 Å². The number of fused-ring (bicyclic) bond motifs is 1. The number of carbonyl (C=O) groups is 1. The van der Waals surface area contributed by atoms with Crippen LogP contribution in [0.2, 0.25) is 0 Å². The molecule has 3 heterocycles. The highest BCUT2D eigenvalue weighted by Gasteiger charge is 2.19. The lowest BCUT2D eigenvalue weighted by atomic mass is 10.1. The van der Waals surface area contributed by atoms with E-state index in [1.54, 1.807) is 38.4 Å². The van der Waals surface area contributed by atoms with Gasteiger partial charge in [-0.15, -0.1) is 0 Å². The maximum atomic E-state index is 14.5. The number of halogens is 1. The zero-order valence-corrected chi connectivity index (χ0v) is 17.0. The van der Waals surface area contributed by atoms with E-state index < -0.39 is 0 Å². The lowest BCUT2D eigenvalue weighted by Crippen LogP contribution is -2.46. The van der Waals surface area contributed by atoms with E-state index >= 15 is 0 Å². The fourth-order valence-electron chi connectivity index (χ4n) is 3.78. The third-order valence-corrected chi connectivity index (χ3v) is 5.51. The number of anilines is 1. The quantitative estimate of drug-likeness (QED) is 0.689. The first kappa shape index (κ1) is 20.0. The molecule has 156 valence electrons. The Balaban J connectivity index is 1.42. The number of aromatic nitrogens is 2. The van der Waals surface area contributed by atoms with Crippen molar-refractivity contribution >= 4 is 22.5 Å². The summed E-state index contributed by atoms with van der Waals surface area (Å²) in [6, 6.07) is 8.63. The van der Waals surface area contributed by atoms with Crippen LogP contribution in [0.1, 0.15) is 21.6 Å². The van der Waals surface area contributed by atoms with Crippen LogP contribution in [0.5, 0.6) is 0 Å². The van der Waals surface area contributed by atoms with Crippen LogP contribution in [-0.4, -0.2) is 54.0 Å². The monoisotopic (exact) mass is 409 g/mol. The first-order chi connectivity index (χ1) is 14.4. The topological polar surface area (TPSA) is 81.3 Å². The van der Waals surface area contributed by atoms with E-state index in [-0.39, 0.29) is 17.3 Å². The van der Waals surface area contributed by atoms with E-state index in [2.05, 4.69) is 25.1 Å². The number of benzene rings is 1. The highest BCUT2D eigenvalue weighted by Crippen LogP contribution is 2.21. The van der Waals surface area contributed by atoms with Gasteiger partial charge in [-0.05, 0) is 42.8 Å². The molecule has 7 nitrogen and oxygen atoms in total. The number of hydrogen-bond acceptors (Lipinski definition) is 5. The number of rotatable bonds is 4. The van der Waals surface area contributed by atoms with E-state index in [0.29, 0.717) is 28.7 Å². The SMILES string of the molecule is CNC(=O)c1ccc(N2CCN(Cc3cc(F)c4cc(C)c(=O)[nH]c4c3)CC2)cn1. The fourth-order valence-corrected chi connectivity index (χ4v) is 3.78. The molecule has 0 saturated carbocycles. The Morgan fingerprint density at radius 2 is 1.97 bits per heavy atom. The highest BCUT2D eigenvalue weighted by atomic mass is 19.1. The Morgan fingerprint density at radius 3 is 2.63 bits per heavy atom. The second-order valence-electron chi connectivity index (χ2n) is 7.56. The van der Waals surface area contributed by atoms with Crippen molar-refractivity contribution < 1.29 is 9.18 Å². The molecule has 1 aliphatic rings. The third kappa shape index (κ3) is 4.04. The Morgan fingerprint density at radius 1 is 1.20 bits per heavy atom. The number of pyridine rings is 2. The van der Waals surface area contributed by atoms with Crippen molar-refractivity contribution in [3.63, 3.8) is 0 Å². The molecule has 1 saturated heterocycles. The molecule has 2 N–H and O–H groups in total. The molecule has 3 aromatic rings. The van der Waals surface area contributed by atoms with Crippen LogP contribution in [0, 0.1) is 12.7 Å². The van der Waals surface area contributed by atoms with Crippen molar-refractivity contribution in [2.75, 3.05) is 38.1 Å². The maximum Gasteiger partial charge on any atom is 0.269 e. The van der Waals surface area contributed by atoms with Crippen LogP contribution in [0.4, 0.5) is 10.1 Å². The molecule has 0 radical (unpaired) electrons. The molecule has 1 fully saturated rings. The standard InChI is InChI=1S/C22H24FN5O2/c1-14-9-17-18(23)10-15(11-20(17)26-21(14)29)13-27-5-7-28(8-6-27)16-3-4-19(25-12-16)22(30)24-2/h3-4,9-12H,5-8,13H2,1-2H3,(H,24,30)(H,26,29). The molecule has 30 heavy (non-hydrogen) atoms. The normalized spacial score (nSPS) is 14.8. The Kier molecular flexibility index (Phi) is 5.50. The van der Waals surface area contributed by atoms with Gasteiger partial charge in [0.1, 0.15) is 11.5 Å². The number of amides is 1. The number of nitrogens with one attached hydrogen (secondary N) is 2. The van der Waals surface area contributed by atoms with Gasteiger partial charge >= 0.3 is 0 Å². The van der Waals surface area contributed by atoms with Gasteiger partial charge in [0.15, 0.2) is 0 Å². The molecule has 0 unspecified atom stereocenters. The van der Waals surface area contributed by atoms with Crippen molar-refractivity contribution in [3.8, 4) is 0 Å². The number of H-pyrrole nitrogens is 1. The largest absolute Gasteiger partial charge is 0.368 e. The average Bonchev–Trinajstić information content (AvgIpc) is 2.75. The van der Waals surface area contributed by atoms with Crippen LogP contribution < -0.4 is 15.8 Å². The first-order valence-corrected chi connectivity index (χ1v) is 9.92. The van der Waals surface area contributed by atoms with E-state index in [0.717, 1.165) is 37.4 Å². The predicted molar refractivity (Wildman–Crippen MR) is 114 cm³/mol. The van der Waals surface area contributed by atoms with Gasteiger partial charge < -0.3 is 15.2 Å². The number of piperazine rings is 1. The number of hydrogen-bond donors (Lipinski definition) is 2. The van der Waals surface area contributed by atoms with Gasteiger partial charge in [-0.1, -0.05) is 0 Å². The van der Waals surface area contributed by atoms with Gasteiger partial charge in [0, 0.05) is 50.7 Å². The van der Waals surface area contributed by atoms with E-state index in [1.165, 1.54) is 0 Å². The Labute approximate surface area is 173 Å². The maximum absolute atomic E-state index is 14.5. The van der Waals surface area contributed by atoms with Crippen LogP contribution in [0.25, 0.3) is 10.9 Å². The molecule has 1 aromatic carbocycles. The second-order valence-corrected chi connectivity index (χ2v) is 7.56. The summed E-state index contributed by atoms with van der Waals surface area (Å²) in [5, 5.41) is 3.00. The summed E-state index contributed by atoms with van der Waals surface area (Å²) in [6.07, 6.45) is 1.72. The first-order valence-electron chi connectivity index (χ1n) is 9.92. The summed E-state index contributed by atoms with van der Waals surface area (Å²) in [5.74, 6) is -0.520. The average molecular weight is 409 g/mol. The molecular formula is C22H24FN5O2. The second kappa shape index (κ2) is 8.23. The van der Waals surface area contributed by atoms with Gasteiger partial charge in [0.05, 0.1) is 17.4 Å². The molecule has 0 bridgehead atoms. The summed E-state index contributed by atoms with van der Waals surface area (Å²) >= 11 is 0. The zero-order chi connectivity index (χ0) is 21.3. The minimum atomic E-state index is -0.317. The zero-order valence-electron chi connectivity index (χ0n) is 17.0. The summed E-state index contributed by atoms with van der Waals surface area (Å²) in [6.45, 7) is 5.56. The van der Waals surface area contributed by atoms with Crippen molar-refractivity contribution in [1.29, 1.82) is 0 Å². The minimum absolute atomic E-state index is 0.191. The molecule has 4 rings (SSSR count). The summed E-state index contributed by atoms with van der Waals surface area (Å²) in [7, 11) is 1.58. The highest BCUT2D eigenvalue weighted by molar-refractivity contribution is 5.92. The number of carbonyl (C=O) groups excluding carboxylic acids is 1. The van der Waals surface area contributed by atoms with Crippen molar-refractivity contribution in [2.24, 2.45) is 0 Å². The van der Waals surface area contributed by atoms with E-state index in [9.17, 15) is 14.0 Å². The molecule has 1 aliphatic heterocycles. The Bertz CT molecular complexity index is 1130. The summed E-state index contributed by atoms with van der Waals surface area (Å²) in [4.78, 5) is 35.0. The molecule has 0 atom stereocenters. The molecule has 8 heteroatoms. The lowest BCUT2D eigenvalue weighted by molar-refractivity contribution is 0.0958. The smallest absolute Gasteiger partial charge is 0.269 e. The van der Waals surface area contributed by atoms with Crippen LogP contribution >= 0.6 is 0 Å². The van der Waals surface area contributed by atoms with Crippen LogP contribution in [0.3, 0.4) is 0 Å². The van der Waals surface area contributed by atoms with Crippen molar-refractivity contribution in [2.45, 2.75) is 13.5 Å². The van der Waals surface area contributed by atoms with Crippen molar-refractivity contribution in [3.05, 3.63) is 69.5 Å². The number of nitrogens with zero attached hydrogens (tertiary/aromatic N) is 3. The molecule has 0 aliphatic carbocycles. The predicted octanol–water partition coefficient (Wildman–Crippen LogP) is 2.05.